The maximum atomic E-state index is 10.3. The van der Waals surface area contributed by atoms with E-state index in [0.29, 0.717) is 17.4 Å². The molecule has 1 heterocycles. The summed E-state index contributed by atoms with van der Waals surface area (Å²) in [6.45, 7) is 0.408. The molecular formula is C15H9N2O3PS. The highest BCUT2D eigenvalue weighted by molar-refractivity contribution is 7.19. The molecule has 22 heavy (non-hydrogen) atoms. The van der Waals surface area contributed by atoms with E-state index in [1.54, 1.807) is 12.1 Å². The Morgan fingerprint density at radius 2 is 1.95 bits per heavy atom. The third kappa shape index (κ3) is 3.22. The molecular weight excluding hydrogens is 319 g/mol. The summed E-state index contributed by atoms with van der Waals surface area (Å²) < 4.78 is 21.8. The van der Waals surface area contributed by atoms with Gasteiger partial charge in [-0.15, -0.1) is 11.3 Å². The van der Waals surface area contributed by atoms with E-state index in [1.165, 1.54) is 11.3 Å². The molecule has 3 aromatic rings. The zero-order valence-corrected chi connectivity index (χ0v) is 12.9. The molecule has 0 spiro atoms. The molecule has 0 atom stereocenters. The number of aromatic nitrogens is 1. The van der Waals surface area contributed by atoms with Crippen LogP contribution in [0.3, 0.4) is 0 Å². The van der Waals surface area contributed by atoms with Gasteiger partial charge in [-0.1, -0.05) is 12.1 Å². The SMILES string of the molecule is N#Cc1nc2ccc(OCc3ccc(OP=O)cc3)cc2s1. The third-order valence-corrected chi connectivity index (χ3v) is 4.14. The highest BCUT2D eigenvalue weighted by atomic mass is 32.1. The number of hydrogen-bond acceptors (Lipinski definition) is 6. The van der Waals surface area contributed by atoms with E-state index < -0.39 is 0 Å². The number of hydrogen-bond donors (Lipinski definition) is 0. The van der Waals surface area contributed by atoms with Crippen LogP contribution in [0.15, 0.2) is 42.5 Å². The fraction of sp³-hybridized carbons (Fsp3) is 0.0667. The molecule has 1 aromatic heterocycles. The topological polar surface area (TPSA) is 72.2 Å². The Labute approximate surface area is 132 Å². The number of fused-ring (bicyclic) bond motifs is 1. The van der Waals surface area contributed by atoms with Crippen molar-refractivity contribution < 1.29 is 13.8 Å². The Balaban J connectivity index is 1.70. The van der Waals surface area contributed by atoms with Gasteiger partial charge in [0.05, 0.1) is 10.2 Å². The fourth-order valence-corrected chi connectivity index (χ4v) is 2.90. The molecule has 0 aliphatic carbocycles. The molecule has 108 valence electrons. The van der Waals surface area contributed by atoms with E-state index in [2.05, 4.69) is 4.98 Å². The van der Waals surface area contributed by atoms with Crippen LogP contribution in [0.5, 0.6) is 11.5 Å². The highest BCUT2D eigenvalue weighted by Gasteiger charge is 2.05. The van der Waals surface area contributed by atoms with E-state index in [-0.39, 0.29) is 8.69 Å². The Bertz CT molecular complexity index is 855. The molecule has 0 fully saturated rings. The smallest absolute Gasteiger partial charge is 0.395 e. The van der Waals surface area contributed by atoms with Crippen molar-refractivity contribution in [3.8, 4) is 17.6 Å². The summed E-state index contributed by atoms with van der Waals surface area (Å²) in [5, 5.41) is 9.30. The van der Waals surface area contributed by atoms with E-state index in [9.17, 15) is 4.57 Å². The van der Waals surface area contributed by atoms with E-state index >= 15 is 0 Å². The largest absolute Gasteiger partial charge is 0.489 e. The van der Waals surface area contributed by atoms with Crippen molar-refractivity contribution in [2.24, 2.45) is 0 Å². The average Bonchev–Trinajstić information content (AvgIpc) is 2.97. The summed E-state index contributed by atoms with van der Waals surface area (Å²) in [5.41, 5.74) is 1.77. The third-order valence-electron chi connectivity index (χ3n) is 2.93. The summed E-state index contributed by atoms with van der Waals surface area (Å²) in [4.78, 5) is 4.18. The fourth-order valence-electron chi connectivity index (χ4n) is 1.90. The first-order valence-corrected chi connectivity index (χ1v) is 7.85. The van der Waals surface area contributed by atoms with E-state index in [1.807, 2.05) is 36.4 Å². The van der Waals surface area contributed by atoms with E-state index in [4.69, 9.17) is 14.5 Å². The molecule has 5 nitrogen and oxygen atoms in total. The maximum Gasteiger partial charge on any atom is 0.395 e. The molecule has 0 radical (unpaired) electrons. The summed E-state index contributed by atoms with van der Waals surface area (Å²) in [7, 11) is -0.370. The van der Waals surface area contributed by atoms with Crippen LogP contribution in [0.1, 0.15) is 10.6 Å². The van der Waals surface area contributed by atoms with Crippen molar-refractivity contribution >= 4 is 30.2 Å². The van der Waals surface area contributed by atoms with Crippen LogP contribution in [-0.4, -0.2) is 4.98 Å². The molecule has 0 bridgehead atoms. The molecule has 0 aliphatic heterocycles. The number of rotatable bonds is 5. The van der Waals surface area contributed by atoms with Gasteiger partial charge in [0.2, 0.25) is 0 Å². The lowest BCUT2D eigenvalue weighted by Crippen LogP contribution is -1.94. The van der Waals surface area contributed by atoms with Gasteiger partial charge >= 0.3 is 8.69 Å². The molecule has 7 heteroatoms. The second kappa shape index (κ2) is 6.52. The average molecular weight is 328 g/mol. The van der Waals surface area contributed by atoms with Gasteiger partial charge in [-0.05, 0) is 35.9 Å². The maximum absolute atomic E-state index is 10.3. The first kappa shape index (κ1) is 14.5. The number of thiazole rings is 1. The van der Waals surface area contributed by atoms with E-state index in [0.717, 1.165) is 21.5 Å². The molecule has 3 rings (SSSR count). The minimum absolute atomic E-state index is 0.370. The van der Waals surface area contributed by atoms with Crippen molar-refractivity contribution in [3.05, 3.63) is 53.0 Å². The molecule has 0 saturated heterocycles. The molecule has 0 N–H and O–H groups in total. The van der Waals surface area contributed by atoms with Crippen LogP contribution < -0.4 is 9.26 Å². The Morgan fingerprint density at radius 1 is 1.18 bits per heavy atom. The van der Waals surface area contributed by atoms with Gasteiger partial charge in [0, 0.05) is 0 Å². The van der Waals surface area contributed by atoms with Gasteiger partial charge < -0.3 is 9.26 Å². The number of nitrogens with zero attached hydrogens (tertiary/aromatic N) is 2. The Kier molecular flexibility index (Phi) is 4.29. The number of ether oxygens (including phenoxy) is 1. The van der Waals surface area contributed by atoms with Crippen LogP contribution in [-0.2, 0) is 11.2 Å². The quantitative estimate of drug-likeness (QED) is 0.652. The second-order valence-corrected chi connectivity index (χ2v) is 5.72. The van der Waals surface area contributed by atoms with Gasteiger partial charge in [-0.25, -0.2) is 9.55 Å². The van der Waals surface area contributed by atoms with Gasteiger partial charge in [0.25, 0.3) is 0 Å². The minimum atomic E-state index is -0.370. The predicted molar refractivity (Wildman–Crippen MR) is 83.3 cm³/mol. The molecule has 0 unspecified atom stereocenters. The zero-order chi connectivity index (χ0) is 15.4. The first-order valence-electron chi connectivity index (χ1n) is 6.30. The molecule has 0 amide bonds. The van der Waals surface area contributed by atoms with Crippen molar-refractivity contribution in [1.82, 2.24) is 4.98 Å². The van der Waals surface area contributed by atoms with Gasteiger partial charge in [0.1, 0.15) is 24.2 Å². The van der Waals surface area contributed by atoms with Crippen LogP contribution >= 0.6 is 20.0 Å². The predicted octanol–water partition coefficient (Wildman–Crippen LogP) is 4.33. The van der Waals surface area contributed by atoms with Gasteiger partial charge in [-0.2, -0.15) is 5.26 Å². The first-order chi connectivity index (χ1) is 10.8. The molecule has 0 saturated carbocycles. The number of benzene rings is 2. The molecule has 0 aliphatic rings. The highest BCUT2D eigenvalue weighted by Crippen LogP contribution is 2.26. The standard InChI is InChI=1S/C15H9N2O3PS/c16-8-15-17-13-6-5-12(7-14(13)22-15)19-9-10-1-3-11(4-2-10)20-21-18/h1-7H,9H2. The monoisotopic (exact) mass is 328 g/mol. The lowest BCUT2D eigenvalue weighted by molar-refractivity contribution is 0.306. The van der Waals surface area contributed by atoms with Crippen molar-refractivity contribution in [2.75, 3.05) is 0 Å². The summed E-state index contributed by atoms with van der Waals surface area (Å²) in [5.74, 6) is 1.26. The lowest BCUT2D eigenvalue weighted by atomic mass is 10.2. The summed E-state index contributed by atoms with van der Waals surface area (Å²) in [6.07, 6.45) is 0. The second-order valence-electron chi connectivity index (χ2n) is 4.36. The minimum Gasteiger partial charge on any atom is -0.489 e. The zero-order valence-electron chi connectivity index (χ0n) is 11.2. The van der Waals surface area contributed by atoms with Gasteiger partial charge in [0.15, 0.2) is 5.01 Å². The normalized spacial score (nSPS) is 10.5. The van der Waals surface area contributed by atoms with Crippen molar-refractivity contribution in [3.63, 3.8) is 0 Å². The summed E-state index contributed by atoms with van der Waals surface area (Å²) >= 11 is 1.34. The van der Waals surface area contributed by atoms with Crippen LogP contribution in [0.4, 0.5) is 0 Å². The van der Waals surface area contributed by atoms with Crippen LogP contribution in [0.25, 0.3) is 10.2 Å². The Hall–Kier alpha value is -2.48. The lowest BCUT2D eigenvalue weighted by Gasteiger charge is -2.06. The Morgan fingerprint density at radius 3 is 2.68 bits per heavy atom. The van der Waals surface area contributed by atoms with Gasteiger partial charge in [-0.3, -0.25) is 0 Å². The number of nitriles is 1. The van der Waals surface area contributed by atoms with Crippen molar-refractivity contribution in [1.29, 1.82) is 5.26 Å². The van der Waals surface area contributed by atoms with Crippen molar-refractivity contribution in [2.45, 2.75) is 6.61 Å². The summed E-state index contributed by atoms with van der Waals surface area (Å²) in [6, 6.07) is 14.7. The molecule has 2 aromatic carbocycles. The van der Waals surface area contributed by atoms with Crippen LogP contribution in [0, 0.1) is 11.3 Å². The van der Waals surface area contributed by atoms with Crippen LogP contribution in [0.2, 0.25) is 0 Å².